The van der Waals surface area contributed by atoms with Gasteiger partial charge < -0.3 is 5.11 Å². The van der Waals surface area contributed by atoms with E-state index in [1.54, 1.807) is 42.5 Å². The van der Waals surface area contributed by atoms with E-state index in [0.717, 1.165) is 5.56 Å². The van der Waals surface area contributed by atoms with Crippen molar-refractivity contribution in [1.29, 1.82) is 0 Å². The van der Waals surface area contributed by atoms with Crippen LogP contribution in [0.1, 0.15) is 5.56 Å². The highest BCUT2D eigenvalue weighted by Gasteiger charge is 2.18. The first-order valence-electron chi connectivity index (χ1n) is 5.76. The van der Waals surface area contributed by atoms with E-state index in [9.17, 15) is 13.5 Å². The molecule has 0 amide bonds. The third-order valence-corrected chi connectivity index (χ3v) is 4.57. The number of rotatable bonds is 4. The van der Waals surface area contributed by atoms with Crippen LogP contribution in [-0.2, 0) is 16.3 Å². The molecule has 0 saturated carbocycles. The van der Waals surface area contributed by atoms with Gasteiger partial charge in [-0.2, -0.15) is 0 Å². The fraction of sp³-hybridized carbons (Fsp3) is 0.0667. The summed E-state index contributed by atoms with van der Waals surface area (Å²) >= 11 is 0. The monoisotopic (exact) mass is 274 g/mol. The number of hydrogen-bond donors (Lipinski definition) is 1. The Labute approximate surface area is 112 Å². The Bertz CT molecular complexity index is 671. The number of phenolic OH excluding ortho intramolecular Hbond substituents is 1. The summed E-state index contributed by atoms with van der Waals surface area (Å²) in [5, 5.41) is 9.19. The molecule has 0 aliphatic carbocycles. The minimum absolute atomic E-state index is 0.143. The van der Waals surface area contributed by atoms with Crippen molar-refractivity contribution in [1.82, 2.24) is 0 Å². The Hall–Kier alpha value is -2.07. The molecule has 0 spiro atoms. The molecule has 2 rings (SSSR count). The zero-order chi connectivity index (χ0) is 13.9. The number of hydrogen-bond acceptors (Lipinski definition) is 3. The normalized spacial score (nSPS) is 11.2. The van der Waals surface area contributed by atoms with Crippen molar-refractivity contribution in [3.8, 4) is 5.75 Å². The van der Waals surface area contributed by atoms with Crippen LogP contribution in [0.15, 0.2) is 71.0 Å². The molecule has 0 radical (unpaired) electrons. The van der Waals surface area contributed by atoms with Crippen LogP contribution in [0, 0.1) is 0 Å². The maximum Gasteiger partial charge on any atom is 0.202 e. The first kappa shape index (κ1) is 13.4. The Balaban J connectivity index is 2.23. The van der Waals surface area contributed by atoms with E-state index in [4.69, 9.17) is 0 Å². The summed E-state index contributed by atoms with van der Waals surface area (Å²) in [6, 6.07) is 14.6. The molecule has 2 aromatic rings. The van der Waals surface area contributed by atoms with E-state index in [0.29, 0.717) is 0 Å². The van der Waals surface area contributed by atoms with E-state index < -0.39 is 9.84 Å². The number of phenols is 1. The second kappa shape index (κ2) is 5.28. The van der Waals surface area contributed by atoms with Gasteiger partial charge in [0.05, 0.1) is 4.90 Å². The van der Waals surface area contributed by atoms with Crippen LogP contribution in [-0.4, -0.2) is 13.5 Å². The second-order valence-corrected chi connectivity index (χ2v) is 6.25. The molecule has 0 atom stereocenters. The number of allylic oxidation sites excluding steroid dienone is 1. The molecular weight excluding hydrogens is 260 g/mol. The molecule has 0 aliphatic heterocycles. The predicted octanol–water partition coefficient (Wildman–Crippen LogP) is 2.92. The Morgan fingerprint density at radius 2 is 1.58 bits per heavy atom. The van der Waals surface area contributed by atoms with Crippen molar-refractivity contribution < 1.29 is 13.5 Å². The van der Waals surface area contributed by atoms with Gasteiger partial charge in [-0.15, -0.1) is 0 Å². The van der Waals surface area contributed by atoms with Crippen LogP contribution < -0.4 is 0 Å². The molecule has 0 fully saturated rings. The molecule has 0 unspecified atom stereocenters. The Morgan fingerprint density at radius 1 is 1.00 bits per heavy atom. The summed E-state index contributed by atoms with van der Waals surface area (Å²) in [5.41, 5.74) is 0.794. The lowest BCUT2D eigenvalue weighted by Crippen LogP contribution is -2.06. The topological polar surface area (TPSA) is 54.4 Å². The summed E-state index contributed by atoms with van der Waals surface area (Å²) in [5.74, 6) is 0.153. The van der Waals surface area contributed by atoms with E-state index >= 15 is 0 Å². The molecule has 0 aliphatic rings. The smallest absolute Gasteiger partial charge is 0.202 e. The quantitative estimate of drug-likeness (QED) is 0.932. The van der Waals surface area contributed by atoms with Crippen molar-refractivity contribution in [2.24, 2.45) is 0 Å². The third-order valence-electron chi connectivity index (χ3n) is 2.77. The first-order valence-corrected chi connectivity index (χ1v) is 7.24. The molecule has 4 heteroatoms. The minimum Gasteiger partial charge on any atom is -0.508 e. The summed E-state index contributed by atoms with van der Waals surface area (Å²) in [6.07, 6.45) is 0.234. The maximum atomic E-state index is 12.3. The van der Waals surface area contributed by atoms with E-state index in [1.165, 1.54) is 12.1 Å². The van der Waals surface area contributed by atoms with Crippen LogP contribution >= 0.6 is 0 Å². The van der Waals surface area contributed by atoms with Gasteiger partial charge in [0.15, 0.2) is 0 Å². The van der Waals surface area contributed by atoms with E-state index in [2.05, 4.69) is 6.58 Å². The van der Waals surface area contributed by atoms with Crippen molar-refractivity contribution in [2.75, 3.05) is 0 Å². The SMILES string of the molecule is C=C(Cc1ccc(O)cc1)S(=O)(=O)c1ccccc1. The van der Waals surface area contributed by atoms with Gasteiger partial charge in [-0.3, -0.25) is 0 Å². The van der Waals surface area contributed by atoms with Gasteiger partial charge in [-0.25, -0.2) is 8.42 Å². The van der Waals surface area contributed by atoms with Crippen LogP contribution in [0.5, 0.6) is 5.75 Å². The van der Waals surface area contributed by atoms with Gasteiger partial charge in [-0.05, 0) is 29.8 Å². The van der Waals surface area contributed by atoms with Gasteiger partial charge in [0.2, 0.25) is 9.84 Å². The van der Waals surface area contributed by atoms with Crippen molar-refractivity contribution in [3.05, 3.63) is 71.6 Å². The lowest BCUT2D eigenvalue weighted by Gasteiger charge is -2.08. The average molecular weight is 274 g/mol. The standard InChI is InChI=1S/C15H14O3S/c1-12(11-13-7-9-14(16)10-8-13)19(17,18)15-5-3-2-4-6-15/h2-10,16H,1,11H2. The zero-order valence-electron chi connectivity index (χ0n) is 10.3. The van der Waals surface area contributed by atoms with Crippen molar-refractivity contribution in [3.63, 3.8) is 0 Å². The predicted molar refractivity (Wildman–Crippen MR) is 74.6 cm³/mol. The summed E-state index contributed by atoms with van der Waals surface area (Å²) < 4.78 is 24.5. The first-order chi connectivity index (χ1) is 9.00. The molecule has 0 saturated heterocycles. The van der Waals surface area contributed by atoms with Gasteiger partial charge in [0.25, 0.3) is 0 Å². The Morgan fingerprint density at radius 3 is 2.16 bits per heavy atom. The lowest BCUT2D eigenvalue weighted by molar-refractivity contribution is 0.475. The van der Waals surface area contributed by atoms with Crippen LogP contribution in [0.2, 0.25) is 0 Å². The minimum atomic E-state index is -3.50. The van der Waals surface area contributed by atoms with Crippen LogP contribution in [0.3, 0.4) is 0 Å². The van der Waals surface area contributed by atoms with Crippen molar-refractivity contribution in [2.45, 2.75) is 11.3 Å². The summed E-state index contributed by atoms with van der Waals surface area (Å²) in [4.78, 5) is 0.392. The zero-order valence-corrected chi connectivity index (χ0v) is 11.1. The fourth-order valence-electron chi connectivity index (χ4n) is 1.70. The third kappa shape index (κ3) is 3.03. The fourth-order valence-corrected chi connectivity index (χ4v) is 2.91. The molecule has 0 aromatic heterocycles. The largest absolute Gasteiger partial charge is 0.508 e. The summed E-state index contributed by atoms with van der Waals surface area (Å²) in [6.45, 7) is 3.67. The summed E-state index contributed by atoms with van der Waals surface area (Å²) in [7, 11) is -3.50. The molecule has 98 valence electrons. The highest BCUT2D eigenvalue weighted by Crippen LogP contribution is 2.21. The molecule has 2 aromatic carbocycles. The number of aromatic hydroxyl groups is 1. The maximum absolute atomic E-state index is 12.3. The number of benzene rings is 2. The molecule has 3 nitrogen and oxygen atoms in total. The molecule has 19 heavy (non-hydrogen) atoms. The number of sulfone groups is 1. The average Bonchev–Trinajstić information content (AvgIpc) is 2.42. The van der Waals surface area contributed by atoms with E-state index in [1.807, 2.05) is 0 Å². The highest BCUT2D eigenvalue weighted by molar-refractivity contribution is 7.95. The molecule has 0 bridgehead atoms. The molecule has 1 N–H and O–H groups in total. The van der Waals surface area contributed by atoms with Crippen LogP contribution in [0.4, 0.5) is 0 Å². The van der Waals surface area contributed by atoms with Gasteiger partial charge >= 0.3 is 0 Å². The molecular formula is C15H14O3S. The van der Waals surface area contributed by atoms with E-state index in [-0.39, 0.29) is 22.0 Å². The lowest BCUT2D eigenvalue weighted by atomic mass is 10.1. The van der Waals surface area contributed by atoms with Gasteiger partial charge in [-0.1, -0.05) is 36.9 Å². The van der Waals surface area contributed by atoms with Crippen molar-refractivity contribution >= 4 is 9.84 Å². The molecule has 0 heterocycles. The Kier molecular flexibility index (Phi) is 3.71. The van der Waals surface area contributed by atoms with Crippen LogP contribution in [0.25, 0.3) is 0 Å². The second-order valence-electron chi connectivity index (χ2n) is 4.20. The highest BCUT2D eigenvalue weighted by atomic mass is 32.2. The van der Waals surface area contributed by atoms with Gasteiger partial charge in [0.1, 0.15) is 5.75 Å². The van der Waals surface area contributed by atoms with Gasteiger partial charge in [0, 0.05) is 11.3 Å².